The highest BCUT2D eigenvalue weighted by Gasteiger charge is 2.21. The van der Waals surface area contributed by atoms with Crippen LogP contribution in [0.1, 0.15) is 22.9 Å². The zero-order valence-electron chi connectivity index (χ0n) is 11.2. The lowest BCUT2D eigenvalue weighted by atomic mass is 10.0. The summed E-state index contributed by atoms with van der Waals surface area (Å²) in [4.78, 5) is 4.44. The van der Waals surface area contributed by atoms with E-state index >= 15 is 0 Å². The smallest absolute Gasteiger partial charge is 0.124 e. The van der Waals surface area contributed by atoms with E-state index in [1.165, 1.54) is 0 Å². The summed E-state index contributed by atoms with van der Waals surface area (Å²) in [6.45, 7) is 2.03. The van der Waals surface area contributed by atoms with Gasteiger partial charge in [-0.15, -0.1) is 0 Å². The second-order valence-corrected chi connectivity index (χ2v) is 6.14. The molecular formula is C14H15Br2N3O. The fourth-order valence-electron chi connectivity index (χ4n) is 2.03. The van der Waals surface area contributed by atoms with Crippen LogP contribution in [0.3, 0.4) is 0 Å². The molecule has 106 valence electrons. The van der Waals surface area contributed by atoms with Gasteiger partial charge in [-0.25, -0.2) is 5.43 Å². The maximum absolute atomic E-state index is 5.74. The van der Waals surface area contributed by atoms with Gasteiger partial charge < -0.3 is 4.74 Å². The Balaban J connectivity index is 2.54. The van der Waals surface area contributed by atoms with Gasteiger partial charge >= 0.3 is 0 Å². The van der Waals surface area contributed by atoms with Crippen molar-refractivity contribution in [1.82, 2.24) is 10.4 Å². The molecule has 20 heavy (non-hydrogen) atoms. The van der Waals surface area contributed by atoms with Crippen molar-refractivity contribution >= 4 is 31.9 Å². The summed E-state index contributed by atoms with van der Waals surface area (Å²) in [6, 6.07) is 7.66. The minimum atomic E-state index is -0.257. The molecule has 6 heteroatoms. The lowest BCUT2D eigenvalue weighted by molar-refractivity contribution is 0.403. The van der Waals surface area contributed by atoms with E-state index < -0.39 is 0 Å². The number of halogens is 2. The maximum Gasteiger partial charge on any atom is 0.124 e. The molecule has 3 N–H and O–H groups in total. The molecule has 1 unspecified atom stereocenters. The molecule has 4 nitrogen and oxygen atoms in total. The summed E-state index contributed by atoms with van der Waals surface area (Å²) < 4.78 is 7.20. The standard InChI is InChI=1S/C14H15Br2N3O/c1-8-3-4-12(20-2)10(5-8)13(19-17)14-11(16)6-9(15)7-18-14/h3-7,13,19H,17H2,1-2H3. The molecule has 0 bridgehead atoms. The number of aryl methyl sites for hydroxylation is 1. The highest BCUT2D eigenvalue weighted by Crippen LogP contribution is 2.33. The van der Waals surface area contributed by atoms with Gasteiger partial charge in [-0.1, -0.05) is 17.7 Å². The summed E-state index contributed by atoms with van der Waals surface area (Å²) >= 11 is 6.92. The van der Waals surface area contributed by atoms with E-state index in [1.807, 2.05) is 31.2 Å². The van der Waals surface area contributed by atoms with Gasteiger partial charge in [-0.2, -0.15) is 0 Å². The van der Waals surface area contributed by atoms with Crippen LogP contribution in [-0.4, -0.2) is 12.1 Å². The average molecular weight is 401 g/mol. The number of hydrazine groups is 1. The molecule has 1 heterocycles. The Bertz CT molecular complexity index is 619. The van der Waals surface area contributed by atoms with Crippen LogP contribution in [-0.2, 0) is 0 Å². The molecule has 0 amide bonds. The van der Waals surface area contributed by atoms with Gasteiger partial charge in [0.25, 0.3) is 0 Å². The molecule has 0 saturated heterocycles. The number of ether oxygens (including phenoxy) is 1. The third kappa shape index (κ3) is 3.20. The molecule has 0 aliphatic heterocycles. The Morgan fingerprint density at radius 2 is 2.05 bits per heavy atom. The number of nitrogens with two attached hydrogens (primary N) is 1. The summed E-state index contributed by atoms with van der Waals surface area (Å²) in [5.74, 6) is 6.51. The number of nitrogens with zero attached hydrogens (tertiary/aromatic N) is 1. The van der Waals surface area contributed by atoms with Crippen LogP contribution in [0.25, 0.3) is 0 Å². The molecule has 0 saturated carbocycles. The van der Waals surface area contributed by atoms with Crippen molar-refractivity contribution in [1.29, 1.82) is 0 Å². The van der Waals surface area contributed by atoms with Gasteiger partial charge in [0.05, 0.1) is 18.8 Å². The summed E-state index contributed by atoms with van der Waals surface area (Å²) in [5, 5.41) is 0. The molecule has 1 aromatic heterocycles. The Labute approximate surface area is 135 Å². The van der Waals surface area contributed by atoms with E-state index in [-0.39, 0.29) is 6.04 Å². The monoisotopic (exact) mass is 399 g/mol. The Morgan fingerprint density at radius 1 is 1.30 bits per heavy atom. The summed E-state index contributed by atoms with van der Waals surface area (Å²) in [7, 11) is 1.64. The van der Waals surface area contributed by atoms with E-state index in [1.54, 1.807) is 13.3 Å². The van der Waals surface area contributed by atoms with Crippen molar-refractivity contribution in [2.24, 2.45) is 5.84 Å². The first-order valence-corrected chi connectivity index (χ1v) is 7.57. The van der Waals surface area contributed by atoms with Crippen LogP contribution < -0.4 is 16.0 Å². The van der Waals surface area contributed by atoms with Gasteiger partial charge in [-0.05, 0) is 50.9 Å². The number of aromatic nitrogens is 1. The van der Waals surface area contributed by atoms with Crippen LogP contribution in [0.4, 0.5) is 0 Å². The van der Waals surface area contributed by atoms with E-state index in [2.05, 4.69) is 42.3 Å². The number of pyridine rings is 1. The normalized spacial score (nSPS) is 12.2. The minimum Gasteiger partial charge on any atom is -0.496 e. The minimum absolute atomic E-state index is 0.257. The van der Waals surface area contributed by atoms with Crippen molar-refractivity contribution in [3.8, 4) is 5.75 Å². The molecule has 0 aliphatic rings. The lowest BCUT2D eigenvalue weighted by Crippen LogP contribution is -2.30. The Hall–Kier alpha value is -0.950. The molecule has 2 rings (SSSR count). The van der Waals surface area contributed by atoms with Crippen LogP contribution in [0.2, 0.25) is 0 Å². The molecule has 0 spiro atoms. The summed E-state index contributed by atoms with van der Waals surface area (Å²) in [6.07, 6.45) is 1.74. The highest BCUT2D eigenvalue weighted by atomic mass is 79.9. The van der Waals surface area contributed by atoms with Gasteiger partial charge in [0.1, 0.15) is 5.75 Å². The van der Waals surface area contributed by atoms with Crippen molar-refractivity contribution < 1.29 is 4.74 Å². The Kier molecular flexibility index (Phi) is 5.15. The maximum atomic E-state index is 5.74. The lowest BCUT2D eigenvalue weighted by Gasteiger charge is -2.20. The number of nitrogens with one attached hydrogen (secondary N) is 1. The quantitative estimate of drug-likeness (QED) is 0.609. The first-order valence-electron chi connectivity index (χ1n) is 5.98. The number of rotatable bonds is 4. The highest BCUT2D eigenvalue weighted by molar-refractivity contribution is 9.11. The van der Waals surface area contributed by atoms with Crippen LogP contribution in [0.5, 0.6) is 5.75 Å². The predicted molar refractivity (Wildman–Crippen MR) is 86.5 cm³/mol. The second-order valence-electron chi connectivity index (χ2n) is 4.37. The predicted octanol–water partition coefficient (Wildman–Crippen LogP) is 3.48. The third-order valence-electron chi connectivity index (χ3n) is 2.97. The molecule has 0 fully saturated rings. The van der Waals surface area contributed by atoms with Crippen LogP contribution in [0, 0.1) is 6.92 Å². The number of methoxy groups -OCH3 is 1. The van der Waals surface area contributed by atoms with Gasteiger partial charge in [-0.3, -0.25) is 10.8 Å². The SMILES string of the molecule is COc1ccc(C)cc1C(NN)c1ncc(Br)cc1Br. The molecule has 1 atom stereocenters. The number of hydrogen-bond donors (Lipinski definition) is 2. The Morgan fingerprint density at radius 3 is 2.65 bits per heavy atom. The molecule has 0 aliphatic carbocycles. The first-order chi connectivity index (χ1) is 9.56. The second kappa shape index (κ2) is 6.67. The van der Waals surface area contributed by atoms with Crippen molar-refractivity contribution in [2.45, 2.75) is 13.0 Å². The van der Waals surface area contributed by atoms with Gasteiger partial charge in [0.15, 0.2) is 0 Å². The summed E-state index contributed by atoms with van der Waals surface area (Å²) in [5.41, 5.74) is 5.70. The molecular weight excluding hydrogens is 386 g/mol. The van der Waals surface area contributed by atoms with Gasteiger partial charge in [0.2, 0.25) is 0 Å². The van der Waals surface area contributed by atoms with E-state index in [9.17, 15) is 0 Å². The van der Waals surface area contributed by atoms with E-state index in [0.717, 1.165) is 31.5 Å². The fraction of sp³-hybridized carbons (Fsp3) is 0.214. The van der Waals surface area contributed by atoms with Crippen molar-refractivity contribution in [3.05, 3.63) is 56.2 Å². The zero-order chi connectivity index (χ0) is 14.7. The topological polar surface area (TPSA) is 60.2 Å². The van der Waals surface area contributed by atoms with Crippen molar-refractivity contribution in [3.63, 3.8) is 0 Å². The molecule has 2 aromatic rings. The van der Waals surface area contributed by atoms with Crippen LogP contribution >= 0.6 is 31.9 Å². The van der Waals surface area contributed by atoms with Gasteiger partial charge in [0, 0.05) is 20.7 Å². The van der Waals surface area contributed by atoms with Crippen molar-refractivity contribution in [2.75, 3.05) is 7.11 Å². The fourth-order valence-corrected chi connectivity index (χ4v) is 3.25. The molecule has 1 aromatic carbocycles. The average Bonchev–Trinajstić information content (AvgIpc) is 2.42. The van der Waals surface area contributed by atoms with Crippen LogP contribution in [0.15, 0.2) is 39.4 Å². The third-order valence-corrected chi connectivity index (χ3v) is 4.04. The van der Waals surface area contributed by atoms with E-state index in [4.69, 9.17) is 10.6 Å². The number of benzene rings is 1. The largest absolute Gasteiger partial charge is 0.496 e. The molecule has 0 radical (unpaired) electrons. The first kappa shape index (κ1) is 15.4. The van der Waals surface area contributed by atoms with E-state index in [0.29, 0.717) is 0 Å². The number of hydrogen-bond acceptors (Lipinski definition) is 4. The zero-order valence-corrected chi connectivity index (χ0v) is 14.3.